The van der Waals surface area contributed by atoms with Crippen LogP contribution in [0.25, 0.3) is 22.2 Å². The average molecular weight is 525 g/mol. The molecule has 4 aromatic rings. The summed E-state index contributed by atoms with van der Waals surface area (Å²) in [6.07, 6.45) is 1.71. The number of H-pyrrole nitrogens is 1. The number of nitrogens with zero attached hydrogens (tertiary/aromatic N) is 4. The molecule has 1 amide bonds. The molecule has 0 saturated carbocycles. The van der Waals surface area contributed by atoms with E-state index < -0.39 is 21.3 Å². The Kier molecular flexibility index (Phi) is 6.24. The molecule has 0 spiro atoms. The number of amides is 1. The highest BCUT2D eigenvalue weighted by Crippen LogP contribution is 2.34. The average Bonchev–Trinajstić information content (AvgIpc) is 3.52. The van der Waals surface area contributed by atoms with Crippen molar-refractivity contribution in [2.75, 3.05) is 29.5 Å². The number of fused-ring (bicyclic) bond motifs is 1. The number of aromatic nitrogens is 4. The van der Waals surface area contributed by atoms with Gasteiger partial charge in [-0.25, -0.2) is 13.4 Å². The Labute approximate surface area is 213 Å². The summed E-state index contributed by atoms with van der Waals surface area (Å²) in [5, 5.41) is 24.9. The fourth-order valence-corrected chi connectivity index (χ4v) is 5.51. The van der Waals surface area contributed by atoms with Crippen LogP contribution in [0.2, 0.25) is 0 Å². The topological polar surface area (TPSA) is 154 Å². The Morgan fingerprint density at radius 1 is 1.19 bits per heavy atom. The van der Waals surface area contributed by atoms with Crippen LogP contribution in [0, 0.1) is 0 Å². The van der Waals surface area contributed by atoms with E-state index in [1.165, 1.54) is 6.07 Å². The third kappa shape index (κ3) is 5.07. The van der Waals surface area contributed by atoms with Crippen molar-refractivity contribution in [1.29, 1.82) is 0 Å². The lowest BCUT2D eigenvalue weighted by atomic mass is 9.99. The Hall–Kier alpha value is -3.77. The molecule has 1 saturated heterocycles. The summed E-state index contributed by atoms with van der Waals surface area (Å²) in [6, 6.07) is 10.8. The van der Waals surface area contributed by atoms with Gasteiger partial charge in [-0.2, -0.15) is 5.10 Å². The molecule has 1 unspecified atom stereocenters. The third-order valence-corrected chi connectivity index (χ3v) is 8.11. The molecule has 3 N–H and O–H groups in total. The number of aromatic amines is 1. The van der Waals surface area contributed by atoms with Crippen molar-refractivity contribution >= 4 is 32.6 Å². The first-order chi connectivity index (χ1) is 17.5. The molecule has 1 aromatic carbocycles. The second-order valence-electron chi connectivity index (χ2n) is 9.72. The van der Waals surface area contributed by atoms with Crippen LogP contribution in [0.15, 0.2) is 47.1 Å². The van der Waals surface area contributed by atoms with Crippen molar-refractivity contribution < 1.29 is 22.8 Å². The molecule has 11 nitrogen and oxygen atoms in total. The summed E-state index contributed by atoms with van der Waals surface area (Å²) in [4.78, 5) is 19.0. The molecule has 194 valence electrons. The summed E-state index contributed by atoms with van der Waals surface area (Å²) in [6.45, 7) is 5.75. The molecule has 1 atom stereocenters. The highest BCUT2D eigenvalue weighted by atomic mass is 32.2. The number of carbonyl (C=O) groups is 1. The zero-order valence-electron chi connectivity index (χ0n) is 20.7. The van der Waals surface area contributed by atoms with Gasteiger partial charge in [0.05, 0.1) is 22.9 Å². The largest absolute Gasteiger partial charge is 0.382 e. The van der Waals surface area contributed by atoms with Gasteiger partial charge in [-0.1, -0.05) is 29.4 Å². The van der Waals surface area contributed by atoms with Crippen molar-refractivity contribution in [3.8, 4) is 11.1 Å². The lowest BCUT2D eigenvalue weighted by molar-refractivity contribution is 0.0474. The van der Waals surface area contributed by atoms with E-state index in [0.717, 1.165) is 22.1 Å². The number of hydrogen-bond acceptors (Lipinski definition) is 9. The standard InChI is InChI=1S/C25H28N6O5S/c1-15(27-24(32)19-14-20(36-30-19)25(2,3)33)16-4-6-17(7-5-16)18-8-9-26-22-21(18)23(29-28-22)31-10-12-37(34,35)13-11-31/h4-9,14-15,33H,10-13H2,1-3H3,(H,27,32)(H,26,28,29). The van der Waals surface area contributed by atoms with Crippen LogP contribution in [0.3, 0.4) is 0 Å². The van der Waals surface area contributed by atoms with Gasteiger partial charge in [-0.05, 0) is 43.5 Å². The van der Waals surface area contributed by atoms with E-state index in [0.29, 0.717) is 24.6 Å². The van der Waals surface area contributed by atoms with Gasteiger partial charge in [-0.15, -0.1) is 0 Å². The minimum atomic E-state index is -3.01. The van der Waals surface area contributed by atoms with Crippen LogP contribution in [0.4, 0.5) is 5.82 Å². The van der Waals surface area contributed by atoms with Crippen LogP contribution in [-0.2, 0) is 15.4 Å². The first kappa shape index (κ1) is 24.9. The van der Waals surface area contributed by atoms with Gasteiger partial charge in [0.1, 0.15) is 5.60 Å². The summed E-state index contributed by atoms with van der Waals surface area (Å²) >= 11 is 0. The number of carbonyl (C=O) groups excluding carboxylic acids is 1. The molecule has 37 heavy (non-hydrogen) atoms. The number of hydrogen-bond donors (Lipinski definition) is 3. The number of aliphatic hydroxyl groups is 1. The molecule has 4 heterocycles. The van der Waals surface area contributed by atoms with Crippen LogP contribution >= 0.6 is 0 Å². The minimum absolute atomic E-state index is 0.0952. The van der Waals surface area contributed by atoms with Gasteiger partial charge in [0, 0.05) is 25.4 Å². The number of anilines is 1. The van der Waals surface area contributed by atoms with Crippen molar-refractivity contribution in [1.82, 2.24) is 25.7 Å². The fourth-order valence-electron chi connectivity index (χ4n) is 4.30. The summed E-state index contributed by atoms with van der Waals surface area (Å²) in [5.74, 6) is 0.697. The van der Waals surface area contributed by atoms with Gasteiger partial charge in [0.2, 0.25) is 0 Å². The minimum Gasteiger partial charge on any atom is -0.382 e. The molecule has 0 aliphatic carbocycles. The summed E-state index contributed by atoms with van der Waals surface area (Å²) < 4.78 is 28.8. The zero-order valence-corrected chi connectivity index (χ0v) is 21.5. The van der Waals surface area contributed by atoms with E-state index >= 15 is 0 Å². The van der Waals surface area contributed by atoms with Crippen LogP contribution < -0.4 is 10.2 Å². The van der Waals surface area contributed by atoms with Crippen molar-refractivity contribution in [2.24, 2.45) is 0 Å². The summed E-state index contributed by atoms with van der Waals surface area (Å²) in [5.41, 5.74) is 2.25. The van der Waals surface area contributed by atoms with E-state index in [1.54, 1.807) is 20.0 Å². The van der Waals surface area contributed by atoms with Gasteiger partial charge < -0.3 is 19.8 Å². The molecular formula is C25H28N6O5S. The molecule has 3 aromatic heterocycles. The van der Waals surface area contributed by atoms with Crippen LogP contribution in [-0.4, -0.2) is 64.4 Å². The predicted octanol–water partition coefficient (Wildman–Crippen LogP) is 2.57. The van der Waals surface area contributed by atoms with Gasteiger partial charge in [0.25, 0.3) is 5.91 Å². The Morgan fingerprint density at radius 2 is 1.89 bits per heavy atom. The molecule has 5 rings (SSSR count). The predicted molar refractivity (Wildman–Crippen MR) is 138 cm³/mol. The SMILES string of the molecule is CC(NC(=O)c1cc(C(C)(C)O)on1)c1ccc(-c2ccnc3[nH]nc(N4CCS(=O)(=O)CC4)c23)cc1. The molecule has 12 heteroatoms. The van der Waals surface area contributed by atoms with E-state index in [9.17, 15) is 18.3 Å². The van der Waals surface area contributed by atoms with E-state index in [2.05, 4.69) is 25.7 Å². The number of rotatable bonds is 6. The second kappa shape index (κ2) is 9.27. The number of nitrogens with one attached hydrogen (secondary N) is 2. The quantitative estimate of drug-likeness (QED) is 0.345. The maximum absolute atomic E-state index is 12.6. The third-order valence-electron chi connectivity index (χ3n) is 6.50. The summed E-state index contributed by atoms with van der Waals surface area (Å²) in [7, 11) is -3.01. The van der Waals surface area contributed by atoms with E-state index in [1.807, 2.05) is 42.2 Å². The maximum atomic E-state index is 12.6. The highest BCUT2D eigenvalue weighted by Gasteiger charge is 2.27. The molecular weight excluding hydrogens is 496 g/mol. The van der Waals surface area contributed by atoms with Crippen molar-refractivity contribution in [3.63, 3.8) is 0 Å². The molecule has 0 bridgehead atoms. The zero-order chi connectivity index (χ0) is 26.4. The van der Waals surface area contributed by atoms with E-state index in [-0.39, 0.29) is 29.0 Å². The lowest BCUT2D eigenvalue weighted by Gasteiger charge is -2.27. The van der Waals surface area contributed by atoms with Crippen molar-refractivity contribution in [3.05, 3.63) is 59.6 Å². The molecule has 1 aliphatic heterocycles. The number of sulfone groups is 1. The fraction of sp³-hybridized carbons (Fsp3) is 0.360. The molecule has 0 radical (unpaired) electrons. The van der Waals surface area contributed by atoms with Crippen LogP contribution in [0.5, 0.6) is 0 Å². The molecule has 1 aliphatic rings. The first-order valence-electron chi connectivity index (χ1n) is 11.9. The van der Waals surface area contributed by atoms with Gasteiger partial charge >= 0.3 is 0 Å². The highest BCUT2D eigenvalue weighted by molar-refractivity contribution is 7.91. The smallest absolute Gasteiger partial charge is 0.273 e. The van der Waals surface area contributed by atoms with Crippen molar-refractivity contribution in [2.45, 2.75) is 32.4 Å². The second-order valence-corrected chi connectivity index (χ2v) is 12.0. The number of pyridine rings is 1. The number of benzene rings is 1. The van der Waals surface area contributed by atoms with Crippen LogP contribution in [0.1, 0.15) is 48.6 Å². The Morgan fingerprint density at radius 3 is 2.54 bits per heavy atom. The maximum Gasteiger partial charge on any atom is 0.273 e. The normalized spacial score (nSPS) is 16.6. The first-order valence-corrected chi connectivity index (χ1v) is 13.7. The van der Waals surface area contributed by atoms with E-state index in [4.69, 9.17) is 4.52 Å². The molecule has 1 fully saturated rings. The Balaban J connectivity index is 1.36. The Bertz CT molecular complexity index is 1540. The lowest BCUT2D eigenvalue weighted by Crippen LogP contribution is -2.40. The monoisotopic (exact) mass is 524 g/mol. The van der Waals surface area contributed by atoms with Gasteiger partial charge in [-0.3, -0.25) is 9.89 Å². The van der Waals surface area contributed by atoms with Gasteiger partial charge in [0.15, 0.2) is 32.8 Å².